The maximum atomic E-state index is 13.9. The fourth-order valence-electron chi connectivity index (χ4n) is 2.92. The Morgan fingerprint density at radius 1 is 0.818 bits per heavy atom. The minimum absolute atomic E-state index is 0.634. The fraction of sp³-hybridized carbons (Fsp3) is 0.333. The van der Waals surface area contributed by atoms with Crippen molar-refractivity contribution in [1.29, 1.82) is 0 Å². The second-order valence-electron chi connectivity index (χ2n) is 5.97. The van der Waals surface area contributed by atoms with E-state index < -0.39 is 7.14 Å². The molecule has 0 atom stereocenters. The molecule has 0 radical (unpaired) electrons. The van der Waals surface area contributed by atoms with Crippen LogP contribution in [-0.2, 0) is 4.57 Å². The van der Waals surface area contributed by atoms with Crippen molar-refractivity contribution in [3.05, 3.63) is 60.7 Å². The molecule has 3 rings (SSSR count). The largest absolute Gasteiger partial charge is 0.312 e. The quantitative estimate of drug-likeness (QED) is 0.809. The summed E-state index contributed by atoms with van der Waals surface area (Å²) in [6.07, 6.45) is 0.634. The third-order valence-corrected chi connectivity index (χ3v) is 7.40. The van der Waals surface area contributed by atoms with Gasteiger partial charge in [-0.15, -0.1) is 0 Å². The highest BCUT2D eigenvalue weighted by molar-refractivity contribution is 7.78. The Balaban J connectivity index is 1.92. The van der Waals surface area contributed by atoms with Gasteiger partial charge in [0.25, 0.3) is 0 Å². The van der Waals surface area contributed by atoms with Crippen molar-refractivity contribution < 1.29 is 4.57 Å². The van der Waals surface area contributed by atoms with Crippen molar-refractivity contribution >= 4 is 17.8 Å². The maximum absolute atomic E-state index is 13.9. The Morgan fingerprint density at radius 2 is 1.27 bits per heavy atom. The van der Waals surface area contributed by atoms with E-state index in [0.29, 0.717) is 6.29 Å². The van der Waals surface area contributed by atoms with E-state index in [9.17, 15) is 4.57 Å². The summed E-state index contributed by atoms with van der Waals surface area (Å²) in [5, 5.41) is 1.92. The van der Waals surface area contributed by atoms with Gasteiger partial charge in [-0.05, 0) is 7.05 Å². The van der Waals surface area contributed by atoms with E-state index in [-0.39, 0.29) is 0 Å². The molecule has 116 valence electrons. The first-order valence-electron chi connectivity index (χ1n) is 7.80. The molecule has 2 aromatic rings. The van der Waals surface area contributed by atoms with Gasteiger partial charge in [-0.1, -0.05) is 60.7 Å². The number of rotatable bonds is 4. The lowest BCUT2D eigenvalue weighted by molar-refractivity contribution is 0.172. The number of nitrogens with zero attached hydrogens (tertiary/aromatic N) is 2. The van der Waals surface area contributed by atoms with Gasteiger partial charge in [0, 0.05) is 36.8 Å². The molecule has 1 aliphatic heterocycles. The molecule has 1 aliphatic rings. The first kappa shape index (κ1) is 15.5. The molecule has 0 spiro atoms. The minimum atomic E-state index is -2.60. The van der Waals surface area contributed by atoms with E-state index in [1.165, 1.54) is 0 Å². The topological polar surface area (TPSA) is 23.6 Å². The molecule has 0 unspecified atom stereocenters. The number of hydrogen-bond donors (Lipinski definition) is 0. The summed E-state index contributed by atoms with van der Waals surface area (Å²) in [7, 11) is -0.461. The Bertz CT molecular complexity index is 593. The molecule has 0 bridgehead atoms. The smallest absolute Gasteiger partial charge is 0.156 e. The van der Waals surface area contributed by atoms with E-state index in [1.54, 1.807) is 0 Å². The van der Waals surface area contributed by atoms with Crippen molar-refractivity contribution in [2.24, 2.45) is 0 Å². The number of likely N-dealkylation sites (N-methyl/N-ethyl adjacent to an activating group) is 1. The van der Waals surface area contributed by atoms with Gasteiger partial charge < -0.3 is 9.46 Å². The van der Waals surface area contributed by atoms with Crippen LogP contribution < -0.4 is 10.6 Å². The van der Waals surface area contributed by atoms with Crippen molar-refractivity contribution in [2.45, 2.75) is 0 Å². The first-order chi connectivity index (χ1) is 10.7. The van der Waals surface area contributed by atoms with Gasteiger partial charge in [-0.3, -0.25) is 4.90 Å². The summed E-state index contributed by atoms with van der Waals surface area (Å²) in [6.45, 7) is 4.06. The van der Waals surface area contributed by atoms with Crippen LogP contribution >= 0.6 is 7.14 Å². The lowest BCUT2D eigenvalue weighted by atomic mass is 10.4. The van der Waals surface area contributed by atoms with Crippen LogP contribution in [0.25, 0.3) is 0 Å². The van der Waals surface area contributed by atoms with Crippen LogP contribution in [0.4, 0.5) is 0 Å². The maximum Gasteiger partial charge on any atom is 0.156 e. The summed E-state index contributed by atoms with van der Waals surface area (Å²) >= 11 is 0. The summed E-state index contributed by atoms with van der Waals surface area (Å²) in [4.78, 5) is 4.67. The molecule has 4 heteroatoms. The third kappa shape index (κ3) is 3.33. The van der Waals surface area contributed by atoms with Gasteiger partial charge in [-0.25, -0.2) is 0 Å². The summed E-state index contributed by atoms with van der Waals surface area (Å²) in [5.74, 6) is 0. The summed E-state index contributed by atoms with van der Waals surface area (Å²) < 4.78 is 13.9. The van der Waals surface area contributed by atoms with E-state index in [4.69, 9.17) is 0 Å². The van der Waals surface area contributed by atoms with Crippen LogP contribution in [0.15, 0.2) is 60.7 Å². The zero-order valence-corrected chi connectivity index (χ0v) is 14.0. The molecule has 1 heterocycles. The van der Waals surface area contributed by atoms with Crippen molar-refractivity contribution in [3.8, 4) is 0 Å². The van der Waals surface area contributed by atoms with Gasteiger partial charge in [0.05, 0.1) is 6.29 Å². The van der Waals surface area contributed by atoms with E-state index >= 15 is 0 Å². The van der Waals surface area contributed by atoms with Crippen LogP contribution in [0.3, 0.4) is 0 Å². The van der Waals surface area contributed by atoms with Gasteiger partial charge in [0.1, 0.15) is 0 Å². The Kier molecular flexibility index (Phi) is 4.77. The Morgan fingerprint density at radius 3 is 1.73 bits per heavy atom. The van der Waals surface area contributed by atoms with E-state index in [0.717, 1.165) is 36.8 Å². The van der Waals surface area contributed by atoms with Crippen LogP contribution in [0.2, 0.25) is 0 Å². The highest BCUT2D eigenvalue weighted by atomic mass is 31.2. The molecule has 3 nitrogen and oxygen atoms in total. The first-order valence-corrected chi connectivity index (χ1v) is 9.69. The Hall–Kier alpha value is -1.41. The van der Waals surface area contributed by atoms with E-state index in [1.807, 2.05) is 60.7 Å². The minimum Gasteiger partial charge on any atom is -0.312 e. The molecule has 2 aromatic carbocycles. The van der Waals surface area contributed by atoms with Crippen LogP contribution in [0.5, 0.6) is 0 Å². The Labute approximate surface area is 132 Å². The molecule has 1 saturated heterocycles. The normalized spacial score (nSPS) is 17.5. The molecule has 22 heavy (non-hydrogen) atoms. The number of piperazine rings is 1. The van der Waals surface area contributed by atoms with Crippen LogP contribution in [0, 0.1) is 0 Å². The molecule has 1 fully saturated rings. The fourth-order valence-corrected chi connectivity index (χ4v) is 5.70. The standard InChI is InChI=1S/C18H23N2OP/c1-19-12-14-20(15-13-19)16-22(21,17-8-4-2-5-9-17)18-10-6-3-7-11-18/h2-11H,12-16H2,1H3. The average Bonchev–Trinajstić information content (AvgIpc) is 2.58. The van der Waals surface area contributed by atoms with Crippen molar-refractivity contribution in [3.63, 3.8) is 0 Å². The molecular formula is C18H23N2OP. The second kappa shape index (κ2) is 6.78. The van der Waals surface area contributed by atoms with Crippen LogP contribution in [-0.4, -0.2) is 49.3 Å². The number of benzene rings is 2. The van der Waals surface area contributed by atoms with Gasteiger partial charge in [-0.2, -0.15) is 0 Å². The molecular weight excluding hydrogens is 291 g/mol. The number of hydrogen-bond acceptors (Lipinski definition) is 3. The average molecular weight is 314 g/mol. The summed E-state index contributed by atoms with van der Waals surface area (Å²) in [5.41, 5.74) is 0. The van der Waals surface area contributed by atoms with Crippen molar-refractivity contribution in [1.82, 2.24) is 9.80 Å². The molecule has 0 N–H and O–H groups in total. The molecule has 0 aromatic heterocycles. The van der Waals surface area contributed by atoms with Crippen molar-refractivity contribution in [2.75, 3.05) is 39.5 Å². The van der Waals surface area contributed by atoms with Gasteiger partial charge in [0.2, 0.25) is 0 Å². The second-order valence-corrected chi connectivity index (χ2v) is 8.77. The third-order valence-electron chi connectivity index (χ3n) is 4.34. The highest BCUT2D eigenvalue weighted by Gasteiger charge is 2.30. The monoisotopic (exact) mass is 314 g/mol. The zero-order valence-electron chi connectivity index (χ0n) is 13.1. The van der Waals surface area contributed by atoms with E-state index in [2.05, 4.69) is 16.8 Å². The van der Waals surface area contributed by atoms with Crippen LogP contribution in [0.1, 0.15) is 0 Å². The lowest BCUT2D eigenvalue weighted by Gasteiger charge is -2.34. The molecule has 0 saturated carbocycles. The molecule has 0 aliphatic carbocycles. The SMILES string of the molecule is CN1CCN(CP(=O)(c2ccccc2)c2ccccc2)CC1. The van der Waals surface area contributed by atoms with Gasteiger partial charge in [0.15, 0.2) is 7.14 Å². The predicted molar refractivity (Wildman–Crippen MR) is 93.7 cm³/mol. The lowest BCUT2D eigenvalue weighted by Crippen LogP contribution is -2.45. The zero-order chi connectivity index (χ0) is 15.4. The summed E-state index contributed by atoms with van der Waals surface area (Å²) in [6, 6.07) is 19.9. The predicted octanol–water partition coefficient (Wildman–Crippen LogP) is 2.21. The van der Waals surface area contributed by atoms with Gasteiger partial charge >= 0.3 is 0 Å². The highest BCUT2D eigenvalue weighted by Crippen LogP contribution is 2.43. The molecule has 0 amide bonds.